The molecular formula is C18H17BrFN3O2. The highest BCUT2D eigenvalue weighted by molar-refractivity contribution is 9.10. The second-order valence-electron chi connectivity index (χ2n) is 5.87. The van der Waals surface area contributed by atoms with Crippen LogP contribution < -0.4 is 0 Å². The van der Waals surface area contributed by atoms with Crippen molar-refractivity contribution >= 4 is 27.7 Å². The Morgan fingerprint density at radius 2 is 1.68 bits per heavy atom. The molecule has 2 heterocycles. The summed E-state index contributed by atoms with van der Waals surface area (Å²) in [5.41, 5.74) is 1.31. The van der Waals surface area contributed by atoms with Gasteiger partial charge in [0.05, 0.1) is 12.0 Å². The van der Waals surface area contributed by atoms with E-state index in [2.05, 4.69) is 20.9 Å². The first-order valence-corrected chi connectivity index (χ1v) is 8.74. The molecule has 1 aromatic heterocycles. The van der Waals surface area contributed by atoms with Gasteiger partial charge in [0, 0.05) is 43.0 Å². The van der Waals surface area contributed by atoms with Gasteiger partial charge in [0.25, 0.3) is 5.91 Å². The summed E-state index contributed by atoms with van der Waals surface area (Å²) in [6.45, 7) is 1.96. The third-order valence-electron chi connectivity index (χ3n) is 4.14. The minimum atomic E-state index is -0.314. The van der Waals surface area contributed by atoms with Crippen LogP contribution in [-0.4, -0.2) is 52.8 Å². The molecule has 0 aliphatic carbocycles. The molecule has 130 valence electrons. The predicted octanol–water partition coefficient (Wildman–Crippen LogP) is 2.51. The Morgan fingerprint density at radius 1 is 1.04 bits per heavy atom. The molecule has 2 amide bonds. The SMILES string of the molecule is O=C(Cc1ccc(F)cc1)N1CCN(C(=O)c2cncc(Br)c2)CC1. The van der Waals surface area contributed by atoms with Crippen molar-refractivity contribution in [2.45, 2.75) is 6.42 Å². The second kappa shape index (κ2) is 7.74. The number of hydrogen-bond donors (Lipinski definition) is 0. The highest BCUT2D eigenvalue weighted by Gasteiger charge is 2.25. The maximum Gasteiger partial charge on any atom is 0.255 e. The number of nitrogens with zero attached hydrogens (tertiary/aromatic N) is 3. The van der Waals surface area contributed by atoms with E-state index in [1.807, 2.05) is 0 Å². The van der Waals surface area contributed by atoms with Crippen LogP contribution in [0.15, 0.2) is 47.2 Å². The first-order chi connectivity index (χ1) is 12.0. The molecule has 1 aliphatic rings. The maximum atomic E-state index is 12.9. The topological polar surface area (TPSA) is 53.5 Å². The monoisotopic (exact) mass is 405 g/mol. The fourth-order valence-corrected chi connectivity index (χ4v) is 3.12. The van der Waals surface area contributed by atoms with E-state index in [0.717, 1.165) is 10.0 Å². The molecule has 0 bridgehead atoms. The number of pyridine rings is 1. The summed E-state index contributed by atoms with van der Waals surface area (Å²) >= 11 is 3.31. The maximum absolute atomic E-state index is 12.9. The minimum Gasteiger partial charge on any atom is -0.339 e. The molecule has 7 heteroatoms. The van der Waals surface area contributed by atoms with E-state index >= 15 is 0 Å². The first kappa shape index (κ1) is 17.5. The van der Waals surface area contributed by atoms with Gasteiger partial charge in [0.1, 0.15) is 5.82 Å². The third-order valence-corrected chi connectivity index (χ3v) is 4.57. The number of benzene rings is 1. The van der Waals surface area contributed by atoms with Crippen molar-refractivity contribution in [3.05, 3.63) is 64.1 Å². The number of piperazine rings is 1. The smallest absolute Gasteiger partial charge is 0.255 e. The lowest BCUT2D eigenvalue weighted by atomic mass is 10.1. The van der Waals surface area contributed by atoms with Crippen LogP contribution in [0.5, 0.6) is 0 Å². The van der Waals surface area contributed by atoms with E-state index in [9.17, 15) is 14.0 Å². The number of hydrogen-bond acceptors (Lipinski definition) is 3. The van der Waals surface area contributed by atoms with E-state index in [-0.39, 0.29) is 24.1 Å². The van der Waals surface area contributed by atoms with Gasteiger partial charge in [-0.3, -0.25) is 14.6 Å². The van der Waals surface area contributed by atoms with Crippen molar-refractivity contribution in [2.75, 3.05) is 26.2 Å². The summed E-state index contributed by atoms with van der Waals surface area (Å²) in [6.07, 6.45) is 3.41. The number of halogens is 2. The molecule has 1 saturated heterocycles. The zero-order chi connectivity index (χ0) is 17.8. The first-order valence-electron chi connectivity index (χ1n) is 7.95. The molecule has 1 fully saturated rings. The summed E-state index contributed by atoms with van der Waals surface area (Å²) in [5.74, 6) is -0.410. The standard InChI is InChI=1S/C18H17BrFN3O2/c19-15-10-14(11-21-12-15)18(25)23-7-5-22(6-8-23)17(24)9-13-1-3-16(20)4-2-13/h1-4,10-12H,5-9H2. The number of carbonyl (C=O) groups is 2. The lowest BCUT2D eigenvalue weighted by Gasteiger charge is -2.34. The van der Waals surface area contributed by atoms with Crippen LogP contribution in [0.1, 0.15) is 15.9 Å². The number of carbonyl (C=O) groups excluding carboxylic acids is 2. The Bertz CT molecular complexity index is 774. The summed E-state index contributed by atoms with van der Waals surface area (Å²) in [4.78, 5) is 32.3. The molecule has 3 rings (SSSR count). The Hall–Kier alpha value is -2.28. The van der Waals surface area contributed by atoms with E-state index in [4.69, 9.17) is 0 Å². The molecule has 0 radical (unpaired) electrons. The molecule has 0 unspecified atom stereocenters. The molecule has 0 N–H and O–H groups in total. The molecule has 0 atom stereocenters. The Labute approximate surface area is 153 Å². The van der Waals surface area contributed by atoms with Gasteiger partial charge in [-0.1, -0.05) is 12.1 Å². The van der Waals surface area contributed by atoms with Crippen molar-refractivity contribution in [1.82, 2.24) is 14.8 Å². The van der Waals surface area contributed by atoms with Crippen LogP contribution >= 0.6 is 15.9 Å². The van der Waals surface area contributed by atoms with Crippen molar-refractivity contribution in [3.8, 4) is 0 Å². The summed E-state index contributed by atoms with van der Waals surface area (Å²) in [7, 11) is 0. The van der Waals surface area contributed by atoms with E-state index in [1.165, 1.54) is 12.1 Å². The Kier molecular flexibility index (Phi) is 5.43. The van der Waals surface area contributed by atoms with Gasteiger partial charge in [-0.05, 0) is 39.7 Å². The summed E-state index contributed by atoms with van der Waals surface area (Å²) in [6, 6.07) is 7.68. The minimum absolute atomic E-state index is 0.0113. The van der Waals surface area contributed by atoms with Gasteiger partial charge < -0.3 is 9.80 Å². The van der Waals surface area contributed by atoms with Gasteiger partial charge in [-0.2, -0.15) is 0 Å². The summed E-state index contributed by atoms with van der Waals surface area (Å²) in [5, 5.41) is 0. The molecule has 25 heavy (non-hydrogen) atoms. The lowest BCUT2D eigenvalue weighted by Crippen LogP contribution is -2.51. The molecule has 5 nitrogen and oxygen atoms in total. The fraction of sp³-hybridized carbons (Fsp3) is 0.278. The predicted molar refractivity (Wildman–Crippen MR) is 94.5 cm³/mol. The van der Waals surface area contributed by atoms with Gasteiger partial charge in [0.2, 0.25) is 5.91 Å². The third kappa shape index (κ3) is 4.42. The molecule has 0 spiro atoms. The van der Waals surface area contributed by atoms with Crippen molar-refractivity contribution in [1.29, 1.82) is 0 Å². The van der Waals surface area contributed by atoms with Crippen molar-refractivity contribution in [3.63, 3.8) is 0 Å². The van der Waals surface area contributed by atoms with Crippen LogP contribution in [-0.2, 0) is 11.2 Å². The van der Waals surface area contributed by atoms with Crippen LogP contribution in [0, 0.1) is 5.82 Å². The summed E-state index contributed by atoms with van der Waals surface area (Å²) < 4.78 is 13.7. The van der Waals surface area contributed by atoms with Crippen LogP contribution in [0.2, 0.25) is 0 Å². The molecule has 2 aromatic rings. The molecule has 1 aliphatic heterocycles. The van der Waals surface area contributed by atoms with Gasteiger partial charge in [-0.25, -0.2) is 4.39 Å². The van der Waals surface area contributed by atoms with Crippen LogP contribution in [0.4, 0.5) is 4.39 Å². The number of rotatable bonds is 3. The lowest BCUT2D eigenvalue weighted by molar-refractivity contribution is -0.131. The van der Waals surface area contributed by atoms with Crippen molar-refractivity contribution < 1.29 is 14.0 Å². The van der Waals surface area contributed by atoms with E-state index in [0.29, 0.717) is 31.7 Å². The second-order valence-corrected chi connectivity index (χ2v) is 6.78. The van der Waals surface area contributed by atoms with Crippen LogP contribution in [0.25, 0.3) is 0 Å². The average molecular weight is 406 g/mol. The zero-order valence-corrected chi connectivity index (χ0v) is 15.1. The van der Waals surface area contributed by atoms with Crippen LogP contribution in [0.3, 0.4) is 0 Å². The highest BCUT2D eigenvalue weighted by Crippen LogP contribution is 2.14. The Morgan fingerprint density at radius 3 is 2.32 bits per heavy atom. The molecule has 0 saturated carbocycles. The van der Waals surface area contributed by atoms with E-state index in [1.54, 1.807) is 40.4 Å². The van der Waals surface area contributed by atoms with Gasteiger partial charge >= 0.3 is 0 Å². The van der Waals surface area contributed by atoms with E-state index < -0.39 is 0 Å². The van der Waals surface area contributed by atoms with Crippen molar-refractivity contribution in [2.24, 2.45) is 0 Å². The Balaban J connectivity index is 1.55. The molecule has 1 aromatic carbocycles. The number of amides is 2. The largest absolute Gasteiger partial charge is 0.339 e. The molecular weight excluding hydrogens is 389 g/mol. The average Bonchev–Trinajstić information content (AvgIpc) is 2.63. The fourth-order valence-electron chi connectivity index (χ4n) is 2.76. The van der Waals surface area contributed by atoms with Gasteiger partial charge in [0.15, 0.2) is 0 Å². The highest BCUT2D eigenvalue weighted by atomic mass is 79.9. The quantitative estimate of drug-likeness (QED) is 0.788. The number of aromatic nitrogens is 1. The zero-order valence-electron chi connectivity index (χ0n) is 13.5. The normalized spacial score (nSPS) is 14.5. The van der Waals surface area contributed by atoms with Gasteiger partial charge in [-0.15, -0.1) is 0 Å².